The van der Waals surface area contributed by atoms with Gasteiger partial charge in [0.15, 0.2) is 0 Å². The Morgan fingerprint density at radius 2 is 0.714 bits per heavy atom. The summed E-state index contributed by atoms with van der Waals surface area (Å²) in [7, 11) is 0. The summed E-state index contributed by atoms with van der Waals surface area (Å²) in [6, 6.07) is 75.8. The van der Waals surface area contributed by atoms with Crippen LogP contribution in [-0.4, -0.2) is 9.13 Å². The molecule has 2 nitrogen and oxygen atoms in total. The standard InChI is InChI=1S/C54H34N2/c1-3-15-35(16-4-1)38-32-48-42-21-8-7-19-40(42)41-20-9-10-24-46(41)54(48)53(34-38)56-50-26-14-11-22-43(50)45-29-27-37(33-52(45)56)36-28-30-51-47(31-36)44-23-12-13-25-49(44)55(51)39-17-5-2-6-18-39/h1-34H. The summed E-state index contributed by atoms with van der Waals surface area (Å²) in [5.41, 5.74) is 12.0. The van der Waals surface area contributed by atoms with Crippen molar-refractivity contribution in [2.45, 2.75) is 0 Å². The number of benzene rings is 10. The molecule has 260 valence electrons. The van der Waals surface area contributed by atoms with Crippen molar-refractivity contribution >= 4 is 75.9 Å². The predicted molar refractivity (Wildman–Crippen MR) is 239 cm³/mol. The maximum Gasteiger partial charge on any atom is 0.0553 e. The van der Waals surface area contributed by atoms with Gasteiger partial charge in [-0.1, -0.05) is 152 Å². The fourth-order valence-electron chi connectivity index (χ4n) is 9.40. The van der Waals surface area contributed by atoms with Crippen LogP contribution in [0.15, 0.2) is 206 Å². The van der Waals surface area contributed by atoms with Crippen LogP contribution in [0.1, 0.15) is 0 Å². The Balaban J connectivity index is 1.17. The van der Waals surface area contributed by atoms with Gasteiger partial charge < -0.3 is 9.13 Å². The molecule has 12 rings (SSSR count). The lowest BCUT2D eigenvalue weighted by molar-refractivity contribution is 1.18. The van der Waals surface area contributed by atoms with Gasteiger partial charge in [-0.05, 0) is 104 Å². The van der Waals surface area contributed by atoms with Crippen molar-refractivity contribution in [3.63, 3.8) is 0 Å². The molecule has 0 saturated carbocycles. The molecule has 0 radical (unpaired) electrons. The molecule has 0 atom stereocenters. The van der Waals surface area contributed by atoms with E-state index in [-0.39, 0.29) is 0 Å². The molecular weight excluding hydrogens is 677 g/mol. The first kappa shape index (κ1) is 31.0. The smallest absolute Gasteiger partial charge is 0.0553 e. The van der Waals surface area contributed by atoms with Crippen LogP contribution in [0.3, 0.4) is 0 Å². The molecule has 0 saturated heterocycles. The highest BCUT2D eigenvalue weighted by Gasteiger charge is 2.20. The van der Waals surface area contributed by atoms with E-state index in [0.29, 0.717) is 0 Å². The molecule has 10 aromatic carbocycles. The van der Waals surface area contributed by atoms with Crippen LogP contribution in [0, 0.1) is 0 Å². The van der Waals surface area contributed by atoms with Crippen LogP contribution >= 0.6 is 0 Å². The van der Waals surface area contributed by atoms with Crippen LogP contribution in [0.25, 0.3) is 110 Å². The van der Waals surface area contributed by atoms with Gasteiger partial charge in [-0.15, -0.1) is 0 Å². The van der Waals surface area contributed by atoms with E-state index in [1.807, 2.05) is 0 Å². The van der Waals surface area contributed by atoms with Gasteiger partial charge in [-0.3, -0.25) is 0 Å². The van der Waals surface area contributed by atoms with Gasteiger partial charge in [0, 0.05) is 32.6 Å². The van der Waals surface area contributed by atoms with Crippen molar-refractivity contribution in [2.75, 3.05) is 0 Å². The summed E-state index contributed by atoms with van der Waals surface area (Å²) in [6.45, 7) is 0. The van der Waals surface area contributed by atoms with E-state index in [1.165, 1.54) is 110 Å². The fourth-order valence-corrected chi connectivity index (χ4v) is 9.40. The second-order valence-electron chi connectivity index (χ2n) is 14.9. The first-order valence-corrected chi connectivity index (χ1v) is 19.4. The number of hydrogen-bond donors (Lipinski definition) is 0. The average molecular weight is 711 g/mol. The summed E-state index contributed by atoms with van der Waals surface area (Å²) in [4.78, 5) is 0. The lowest BCUT2D eigenvalue weighted by atomic mass is 9.90. The van der Waals surface area contributed by atoms with Gasteiger partial charge >= 0.3 is 0 Å². The summed E-state index contributed by atoms with van der Waals surface area (Å²) >= 11 is 0. The van der Waals surface area contributed by atoms with E-state index in [4.69, 9.17) is 0 Å². The lowest BCUT2D eigenvalue weighted by Crippen LogP contribution is -1.98. The molecular formula is C54H34N2. The highest BCUT2D eigenvalue weighted by atomic mass is 15.0. The summed E-state index contributed by atoms with van der Waals surface area (Å²) in [6.07, 6.45) is 0. The third-order valence-corrected chi connectivity index (χ3v) is 11.9. The van der Waals surface area contributed by atoms with Crippen LogP contribution in [0.4, 0.5) is 0 Å². The highest BCUT2D eigenvalue weighted by molar-refractivity contribution is 6.28. The van der Waals surface area contributed by atoms with E-state index in [2.05, 4.69) is 215 Å². The minimum Gasteiger partial charge on any atom is -0.309 e. The number of para-hydroxylation sites is 3. The van der Waals surface area contributed by atoms with Gasteiger partial charge in [0.2, 0.25) is 0 Å². The molecule has 0 bridgehead atoms. The normalized spacial score (nSPS) is 11.9. The molecule has 12 aromatic rings. The van der Waals surface area contributed by atoms with Crippen molar-refractivity contribution < 1.29 is 0 Å². The largest absolute Gasteiger partial charge is 0.309 e. The second-order valence-corrected chi connectivity index (χ2v) is 14.9. The van der Waals surface area contributed by atoms with Crippen molar-refractivity contribution in [3.05, 3.63) is 206 Å². The van der Waals surface area contributed by atoms with E-state index in [0.717, 1.165) is 0 Å². The Kier molecular flexibility index (Phi) is 6.66. The van der Waals surface area contributed by atoms with Gasteiger partial charge in [0.25, 0.3) is 0 Å². The summed E-state index contributed by atoms with van der Waals surface area (Å²) < 4.78 is 4.92. The zero-order chi connectivity index (χ0) is 36.7. The van der Waals surface area contributed by atoms with E-state index >= 15 is 0 Å². The van der Waals surface area contributed by atoms with Gasteiger partial charge in [0.1, 0.15) is 0 Å². The molecule has 0 aliphatic rings. The molecule has 2 aromatic heterocycles. The average Bonchev–Trinajstić information content (AvgIpc) is 3.79. The first-order valence-electron chi connectivity index (χ1n) is 19.4. The van der Waals surface area contributed by atoms with Gasteiger partial charge in [-0.2, -0.15) is 0 Å². The molecule has 0 fully saturated rings. The van der Waals surface area contributed by atoms with Crippen molar-refractivity contribution in [2.24, 2.45) is 0 Å². The first-order chi connectivity index (χ1) is 27.8. The SMILES string of the molecule is c1ccc(-c2cc(-n3c4ccccc4c4ccc(-c5ccc6c(c5)c5ccccc5n6-c5ccccc5)cc43)c3c4ccccc4c4ccccc4c3c2)cc1. The van der Waals surface area contributed by atoms with E-state index < -0.39 is 0 Å². The monoisotopic (exact) mass is 710 g/mol. The molecule has 0 aliphatic heterocycles. The molecule has 2 heteroatoms. The third kappa shape index (κ3) is 4.50. The van der Waals surface area contributed by atoms with Crippen LogP contribution in [0.5, 0.6) is 0 Å². The highest BCUT2D eigenvalue weighted by Crippen LogP contribution is 2.44. The molecule has 0 amide bonds. The van der Waals surface area contributed by atoms with Gasteiger partial charge in [0.05, 0.1) is 27.8 Å². The minimum atomic E-state index is 1.17. The Bertz CT molecular complexity index is 3510. The Hall–Kier alpha value is -7.42. The summed E-state index contributed by atoms with van der Waals surface area (Å²) in [5, 5.41) is 12.6. The van der Waals surface area contributed by atoms with Crippen LogP contribution in [-0.2, 0) is 0 Å². The maximum absolute atomic E-state index is 2.53. The molecule has 0 spiro atoms. The Morgan fingerprint density at radius 1 is 0.232 bits per heavy atom. The fraction of sp³-hybridized carbons (Fsp3) is 0. The third-order valence-electron chi connectivity index (χ3n) is 11.9. The van der Waals surface area contributed by atoms with E-state index in [9.17, 15) is 0 Å². The van der Waals surface area contributed by atoms with Gasteiger partial charge in [-0.25, -0.2) is 0 Å². The van der Waals surface area contributed by atoms with Crippen LogP contribution < -0.4 is 0 Å². The predicted octanol–water partition coefficient (Wildman–Crippen LogP) is 14.7. The number of fused-ring (bicyclic) bond motifs is 12. The molecule has 0 aliphatic carbocycles. The number of hydrogen-bond acceptors (Lipinski definition) is 0. The Morgan fingerprint density at radius 3 is 1.45 bits per heavy atom. The topological polar surface area (TPSA) is 9.86 Å². The second kappa shape index (κ2) is 12.0. The molecule has 2 heterocycles. The lowest BCUT2D eigenvalue weighted by Gasteiger charge is -2.19. The zero-order valence-electron chi connectivity index (χ0n) is 30.5. The molecule has 0 unspecified atom stereocenters. The Labute approximate surface area is 323 Å². The maximum atomic E-state index is 2.53. The van der Waals surface area contributed by atoms with Crippen molar-refractivity contribution in [3.8, 4) is 33.6 Å². The van der Waals surface area contributed by atoms with Crippen molar-refractivity contribution in [1.29, 1.82) is 0 Å². The van der Waals surface area contributed by atoms with E-state index in [1.54, 1.807) is 0 Å². The quantitative estimate of drug-likeness (QED) is 0.161. The minimum absolute atomic E-state index is 1.17. The number of rotatable bonds is 4. The molecule has 56 heavy (non-hydrogen) atoms. The number of aromatic nitrogens is 2. The summed E-state index contributed by atoms with van der Waals surface area (Å²) in [5.74, 6) is 0. The number of nitrogens with zero attached hydrogens (tertiary/aromatic N) is 2. The molecule has 0 N–H and O–H groups in total. The van der Waals surface area contributed by atoms with Crippen molar-refractivity contribution in [1.82, 2.24) is 9.13 Å². The zero-order valence-corrected chi connectivity index (χ0v) is 30.5. The van der Waals surface area contributed by atoms with Crippen LogP contribution in [0.2, 0.25) is 0 Å².